The molecule has 10 heteroatoms. The summed E-state index contributed by atoms with van der Waals surface area (Å²) in [6.07, 6.45) is 0. The number of aliphatic hydroxyl groups is 1. The second kappa shape index (κ2) is 10.8. The Morgan fingerprint density at radius 1 is 0.974 bits per heavy atom. The van der Waals surface area contributed by atoms with Crippen molar-refractivity contribution in [3.8, 4) is 23.0 Å². The lowest BCUT2D eigenvalue weighted by Gasteiger charge is -2.27. The van der Waals surface area contributed by atoms with Gasteiger partial charge in [-0.25, -0.2) is 0 Å². The highest BCUT2D eigenvalue weighted by molar-refractivity contribution is 6.52. The molecule has 1 atom stereocenters. The normalized spacial score (nSPS) is 16.6. The van der Waals surface area contributed by atoms with Crippen molar-refractivity contribution in [2.24, 2.45) is 0 Å². The predicted molar refractivity (Wildman–Crippen MR) is 145 cm³/mol. The number of anilines is 1. The highest BCUT2D eigenvalue weighted by Crippen LogP contribution is 2.47. The molecule has 1 unspecified atom stereocenters. The van der Waals surface area contributed by atoms with Crippen molar-refractivity contribution < 1.29 is 34.0 Å². The Balaban J connectivity index is 2.05. The summed E-state index contributed by atoms with van der Waals surface area (Å²) in [5, 5.41) is 22.4. The van der Waals surface area contributed by atoms with Gasteiger partial charge in [0.1, 0.15) is 17.3 Å². The van der Waals surface area contributed by atoms with Crippen LogP contribution in [0.25, 0.3) is 5.76 Å². The van der Waals surface area contributed by atoms with E-state index >= 15 is 0 Å². The molecular formula is C28H25Cl2NO7. The van der Waals surface area contributed by atoms with E-state index in [-0.39, 0.29) is 45.8 Å². The third-order valence-corrected chi connectivity index (χ3v) is 6.73. The number of halogens is 2. The van der Waals surface area contributed by atoms with Gasteiger partial charge in [-0.1, -0.05) is 35.3 Å². The maximum atomic E-state index is 13.6. The molecule has 2 N–H and O–H groups in total. The molecule has 1 amide bonds. The quantitative estimate of drug-likeness (QED) is 0.207. The molecule has 1 heterocycles. The molecule has 3 aromatic carbocycles. The first-order chi connectivity index (χ1) is 18.1. The molecule has 0 aromatic heterocycles. The van der Waals surface area contributed by atoms with E-state index in [0.717, 1.165) is 0 Å². The number of hydrogen-bond acceptors (Lipinski definition) is 7. The van der Waals surface area contributed by atoms with E-state index in [0.29, 0.717) is 21.8 Å². The van der Waals surface area contributed by atoms with Crippen LogP contribution in [-0.2, 0) is 9.59 Å². The van der Waals surface area contributed by atoms with E-state index in [1.807, 2.05) is 0 Å². The Morgan fingerprint density at radius 2 is 1.68 bits per heavy atom. The van der Waals surface area contributed by atoms with Crippen LogP contribution in [0.5, 0.6) is 23.0 Å². The zero-order valence-corrected chi connectivity index (χ0v) is 22.6. The number of rotatable bonds is 7. The number of benzene rings is 3. The molecule has 1 aliphatic rings. The van der Waals surface area contributed by atoms with Crippen LogP contribution in [0.3, 0.4) is 0 Å². The van der Waals surface area contributed by atoms with Crippen LogP contribution in [0.1, 0.15) is 29.7 Å². The minimum Gasteiger partial charge on any atom is -0.507 e. The van der Waals surface area contributed by atoms with Gasteiger partial charge in [-0.15, -0.1) is 0 Å². The molecule has 0 bridgehead atoms. The number of phenolic OH excluding ortho intramolecular Hbond substituents is 1. The summed E-state index contributed by atoms with van der Waals surface area (Å²) in [4.78, 5) is 28.4. The van der Waals surface area contributed by atoms with Gasteiger partial charge in [0.2, 0.25) is 0 Å². The van der Waals surface area contributed by atoms with E-state index in [9.17, 15) is 19.8 Å². The Bertz CT molecular complexity index is 1470. The minimum absolute atomic E-state index is 0.100. The molecule has 8 nitrogen and oxygen atoms in total. The van der Waals surface area contributed by atoms with E-state index in [1.54, 1.807) is 38.1 Å². The summed E-state index contributed by atoms with van der Waals surface area (Å²) in [5.41, 5.74) is 1.37. The highest BCUT2D eigenvalue weighted by atomic mass is 35.5. The van der Waals surface area contributed by atoms with E-state index in [1.165, 1.54) is 43.4 Å². The summed E-state index contributed by atoms with van der Waals surface area (Å²) in [6.45, 7) is 3.80. The number of carbonyl (C=O) groups excluding carboxylic acids is 2. The third-order valence-electron chi connectivity index (χ3n) is 6.20. The Labute approximate surface area is 229 Å². The molecule has 0 saturated carbocycles. The number of methoxy groups -OCH3 is 2. The molecule has 1 saturated heterocycles. The second-order valence-electron chi connectivity index (χ2n) is 8.45. The van der Waals surface area contributed by atoms with Crippen molar-refractivity contribution in [3.63, 3.8) is 0 Å². The van der Waals surface area contributed by atoms with Gasteiger partial charge in [0.25, 0.3) is 11.7 Å². The topological polar surface area (TPSA) is 106 Å². The number of aliphatic hydroxyl groups excluding tert-OH is 1. The minimum atomic E-state index is -1.10. The summed E-state index contributed by atoms with van der Waals surface area (Å²) < 4.78 is 16.2. The zero-order valence-electron chi connectivity index (χ0n) is 21.0. The monoisotopic (exact) mass is 557 g/mol. The van der Waals surface area contributed by atoms with Crippen LogP contribution in [0.4, 0.5) is 5.69 Å². The number of ketones is 1. The lowest BCUT2D eigenvalue weighted by Crippen LogP contribution is -2.30. The SMILES string of the molecule is CCOc1cc(C2/C(=C(\O)c3cc(OC)c(Cl)cc3OC)C(=O)C(=O)N2c2cc(Cl)ccc2C)ccc1O. The average molecular weight is 558 g/mol. The maximum Gasteiger partial charge on any atom is 0.300 e. The van der Waals surface area contributed by atoms with Crippen molar-refractivity contribution >= 4 is 46.3 Å². The Hall–Kier alpha value is -3.88. The first-order valence-electron chi connectivity index (χ1n) is 11.6. The second-order valence-corrected chi connectivity index (χ2v) is 9.29. The van der Waals surface area contributed by atoms with Gasteiger partial charge in [-0.2, -0.15) is 0 Å². The van der Waals surface area contributed by atoms with Gasteiger partial charge in [-0.05, 0) is 55.3 Å². The zero-order chi connectivity index (χ0) is 27.7. The van der Waals surface area contributed by atoms with Crippen LogP contribution >= 0.6 is 23.2 Å². The van der Waals surface area contributed by atoms with Crippen LogP contribution in [-0.4, -0.2) is 42.7 Å². The Kier molecular flexibility index (Phi) is 7.76. The molecular weight excluding hydrogens is 533 g/mol. The maximum absolute atomic E-state index is 13.6. The molecule has 0 aliphatic carbocycles. The van der Waals surface area contributed by atoms with Crippen molar-refractivity contribution in [2.75, 3.05) is 25.7 Å². The lowest BCUT2D eigenvalue weighted by molar-refractivity contribution is -0.132. The fourth-order valence-electron chi connectivity index (χ4n) is 4.40. The lowest BCUT2D eigenvalue weighted by atomic mass is 9.94. The number of phenols is 1. The van der Waals surface area contributed by atoms with Gasteiger partial charge < -0.3 is 24.4 Å². The fraction of sp³-hybridized carbons (Fsp3) is 0.214. The number of aryl methyl sites for hydroxylation is 1. The van der Waals surface area contributed by atoms with Crippen LogP contribution in [0, 0.1) is 6.92 Å². The van der Waals surface area contributed by atoms with Crippen molar-refractivity contribution in [1.29, 1.82) is 0 Å². The van der Waals surface area contributed by atoms with E-state index < -0.39 is 23.5 Å². The van der Waals surface area contributed by atoms with Crippen molar-refractivity contribution in [2.45, 2.75) is 19.9 Å². The third kappa shape index (κ3) is 4.73. The van der Waals surface area contributed by atoms with Gasteiger partial charge in [0.05, 0.1) is 43.0 Å². The number of aromatic hydroxyl groups is 1. The standard InChI is InChI=1S/C28H25Cl2NO7/c1-5-38-23-10-15(7-9-20(23)32)25-24(26(33)17-12-22(37-4)18(30)13-21(17)36-3)27(34)28(35)31(25)19-11-16(29)8-6-14(19)2/h6-13,25,32-33H,5H2,1-4H3/b26-24+. The smallest absolute Gasteiger partial charge is 0.300 e. The largest absolute Gasteiger partial charge is 0.507 e. The summed E-state index contributed by atoms with van der Waals surface area (Å²) in [6, 6.07) is 11.2. The molecule has 1 aliphatic heterocycles. The molecule has 198 valence electrons. The van der Waals surface area contributed by atoms with E-state index in [4.69, 9.17) is 37.4 Å². The molecule has 1 fully saturated rings. The number of ether oxygens (including phenoxy) is 3. The summed E-state index contributed by atoms with van der Waals surface area (Å²) in [7, 11) is 2.79. The first-order valence-corrected chi connectivity index (χ1v) is 12.3. The summed E-state index contributed by atoms with van der Waals surface area (Å²) >= 11 is 12.5. The van der Waals surface area contributed by atoms with Crippen LogP contribution < -0.4 is 19.1 Å². The molecule has 4 rings (SSSR count). The predicted octanol–water partition coefficient (Wildman–Crippen LogP) is 6.05. The van der Waals surface area contributed by atoms with Crippen LogP contribution in [0.2, 0.25) is 10.0 Å². The fourth-order valence-corrected chi connectivity index (χ4v) is 4.80. The average Bonchev–Trinajstić information content (AvgIpc) is 3.16. The van der Waals surface area contributed by atoms with Gasteiger partial charge >= 0.3 is 0 Å². The first kappa shape index (κ1) is 27.2. The molecule has 3 aromatic rings. The number of hydrogen-bond donors (Lipinski definition) is 2. The molecule has 0 radical (unpaired) electrons. The van der Waals surface area contributed by atoms with Gasteiger partial charge in [0.15, 0.2) is 11.5 Å². The van der Waals surface area contributed by atoms with Gasteiger partial charge in [0, 0.05) is 16.8 Å². The highest BCUT2D eigenvalue weighted by Gasteiger charge is 2.48. The molecule has 38 heavy (non-hydrogen) atoms. The van der Waals surface area contributed by atoms with E-state index in [2.05, 4.69) is 0 Å². The summed E-state index contributed by atoms with van der Waals surface area (Å²) in [5.74, 6) is -1.85. The number of carbonyl (C=O) groups is 2. The van der Waals surface area contributed by atoms with Crippen molar-refractivity contribution in [1.82, 2.24) is 0 Å². The molecule has 0 spiro atoms. The van der Waals surface area contributed by atoms with Gasteiger partial charge in [-0.3, -0.25) is 14.5 Å². The number of amides is 1. The van der Waals surface area contributed by atoms with Crippen LogP contribution in [0.15, 0.2) is 54.1 Å². The number of nitrogens with zero attached hydrogens (tertiary/aromatic N) is 1. The number of Topliss-reactive ketones (excluding diaryl/α,β-unsaturated/α-hetero) is 1. The Morgan fingerprint density at radius 3 is 2.34 bits per heavy atom. The van der Waals surface area contributed by atoms with Crippen molar-refractivity contribution in [3.05, 3.63) is 80.8 Å².